The second-order valence-electron chi connectivity index (χ2n) is 5.51. The van der Waals surface area contributed by atoms with E-state index in [1.54, 1.807) is 11.3 Å². The van der Waals surface area contributed by atoms with Gasteiger partial charge in [0.2, 0.25) is 5.91 Å². The first-order valence-corrected chi connectivity index (χ1v) is 7.57. The van der Waals surface area contributed by atoms with Crippen LogP contribution in [0, 0.1) is 23.2 Å². The van der Waals surface area contributed by atoms with Crippen molar-refractivity contribution in [3.05, 3.63) is 16.0 Å². The predicted octanol–water partition coefficient (Wildman–Crippen LogP) is 1.90. The minimum absolute atomic E-state index is 0.0434. The summed E-state index contributed by atoms with van der Waals surface area (Å²) in [7, 11) is 0. The number of fused-ring (bicyclic) bond motifs is 1. The number of amides is 1. The highest BCUT2D eigenvalue weighted by atomic mass is 32.1. The van der Waals surface area contributed by atoms with Crippen LogP contribution in [-0.4, -0.2) is 19.0 Å². The molecule has 1 aromatic heterocycles. The molecule has 0 spiro atoms. The van der Waals surface area contributed by atoms with Gasteiger partial charge in [-0.25, -0.2) is 0 Å². The molecule has 1 fully saturated rings. The van der Waals surface area contributed by atoms with Crippen LogP contribution in [0.25, 0.3) is 0 Å². The van der Waals surface area contributed by atoms with Crippen molar-refractivity contribution in [3.63, 3.8) is 0 Å². The molecule has 3 rings (SSSR count). The highest BCUT2D eigenvalue weighted by Gasteiger charge is 2.28. The first kappa shape index (κ1) is 12.6. The second kappa shape index (κ2) is 4.95. The third kappa shape index (κ3) is 2.26. The van der Waals surface area contributed by atoms with Gasteiger partial charge in [-0.05, 0) is 30.7 Å². The van der Waals surface area contributed by atoms with Crippen LogP contribution in [0.15, 0.2) is 0 Å². The van der Waals surface area contributed by atoms with Crippen LogP contribution < -0.4 is 10.6 Å². The molecule has 0 radical (unpaired) electrons. The first-order valence-electron chi connectivity index (χ1n) is 6.75. The van der Waals surface area contributed by atoms with Crippen molar-refractivity contribution in [3.8, 4) is 6.07 Å². The zero-order valence-electron chi connectivity index (χ0n) is 11.0. The summed E-state index contributed by atoms with van der Waals surface area (Å²) in [6.45, 7) is 3.73. The Labute approximate surface area is 116 Å². The van der Waals surface area contributed by atoms with Crippen LogP contribution in [0.4, 0.5) is 5.00 Å². The average molecular weight is 275 g/mol. The number of carbonyl (C=O) groups is 1. The van der Waals surface area contributed by atoms with Gasteiger partial charge >= 0.3 is 0 Å². The van der Waals surface area contributed by atoms with Crippen LogP contribution in [0.2, 0.25) is 0 Å². The Bertz CT molecular complexity index is 554. The van der Waals surface area contributed by atoms with Crippen LogP contribution in [-0.2, 0) is 17.6 Å². The summed E-state index contributed by atoms with van der Waals surface area (Å²) in [4.78, 5) is 13.3. The van der Waals surface area contributed by atoms with Gasteiger partial charge in [0.1, 0.15) is 11.1 Å². The largest absolute Gasteiger partial charge is 0.316 e. The van der Waals surface area contributed by atoms with E-state index in [4.69, 9.17) is 0 Å². The molecule has 4 nitrogen and oxygen atoms in total. The van der Waals surface area contributed by atoms with E-state index in [0.29, 0.717) is 11.5 Å². The molecular weight excluding hydrogens is 258 g/mol. The molecule has 1 aliphatic carbocycles. The van der Waals surface area contributed by atoms with Crippen molar-refractivity contribution in [2.24, 2.45) is 11.8 Å². The van der Waals surface area contributed by atoms with E-state index in [9.17, 15) is 10.1 Å². The van der Waals surface area contributed by atoms with Crippen LogP contribution in [0.5, 0.6) is 0 Å². The molecule has 100 valence electrons. The van der Waals surface area contributed by atoms with Crippen molar-refractivity contribution < 1.29 is 4.79 Å². The van der Waals surface area contributed by atoms with Crippen molar-refractivity contribution in [1.29, 1.82) is 5.26 Å². The van der Waals surface area contributed by atoms with E-state index in [1.165, 1.54) is 10.4 Å². The van der Waals surface area contributed by atoms with E-state index in [1.807, 2.05) is 0 Å². The maximum Gasteiger partial charge on any atom is 0.230 e. The standard InChI is InChI=1S/C14H17N3OS/c1-8-2-3-10-11(5-15)14(19-12(10)4-8)17-13(18)9-6-16-7-9/h8-9,16H,2-4,6-7H2,1H3,(H,17,18). The fourth-order valence-electron chi connectivity index (χ4n) is 2.65. The van der Waals surface area contributed by atoms with Crippen molar-refractivity contribution in [2.75, 3.05) is 18.4 Å². The Hall–Kier alpha value is -1.38. The van der Waals surface area contributed by atoms with E-state index in [0.717, 1.165) is 37.4 Å². The number of rotatable bonds is 2. The van der Waals surface area contributed by atoms with Crippen LogP contribution in [0.1, 0.15) is 29.3 Å². The maximum atomic E-state index is 12.0. The van der Waals surface area contributed by atoms with Crippen molar-refractivity contribution in [2.45, 2.75) is 26.2 Å². The monoisotopic (exact) mass is 275 g/mol. The fraction of sp³-hybridized carbons (Fsp3) is 0.571. The fourth-order valence-corrected chi connectivity index (χ4v) is 4.01. The van der Waals surface area contributed by atoms with Gasteiger partial charge in [-0.2, -0.15) is 5.26 Å². The molecule has 0 saturated carbocycles. The molecular formula is C14H17N3OS. The number of nitrogens with one attached hydrogen (secondary N) is 2. The van der Waals surface area contributed by atoms with Gasteiger partial charge in [0.25, 0.3) is 0 Å². The molecule has 2 N–H and O–H groups in total. The Morgan fingerprint density at radius 1 is 1.53 bits per heavy atom. The van der Waals surface area contributed by atoms with Crippen molar-refractivity contribution >= 4 is 22.2 Å². The number of nitrogens with zero attached hydrogens (tertiary/aromatic N) is 1. The summed E-state index contributed by atoms with van der Waals surface area (Å²) in [5.74, 6) is 0.781. The molecule has 19 heavy (non-hydrogen) atoms. The average Bonchev–Trinajstić information content (AvgIpc) is 2.62. The topological polar surface area (TPSA) is 64.9 Å². The number of nitriles is 1. The molecule has 1 aliphatic heterocycles. The third-order valence-electron chi connectivity index (χ3n) is 4.01. The molecule has 1 saturated heterocycles. The number of anilines is 1. The van der Waals surface area contributed by atoms with Gasteiger partial charge in [0, 0.05) is 18.0 Å². The van der Waals surface area contributed by atoms with E-state index in [2.05, 4.69) is 23.6 Å². The Morgan fingerprint density at radius 3 is 2.95 bits per heavy atom. The summed E-state index contributed by atoms with van der Waals surface area (Å²) in [6, 6.07) is 2.28. The number of hydrogen-bond donors (Lipinski definition) is 2. The molecule has 1 atom stereocenters. The minimum atomic E-state index is 0.0434. The van der Waals surface area contributed by atoms with E-state index < -0.39 is 0 Å². The van der Waals surface area contributed by atoms with E-state index in [-0.39, 0.29) is 11.8 Å². The van der Waals surface area contributed by atoms with Gasteiger partial charge in [-0.1, -0.05) is 6.92 Å². The Balaban J connectivity index is 1.85. The minimum Gasteiger partial charge on any atom is -0.316 e. The van der Waals surface area contributed by atoms with Gasteiger partial charge < -0.3 is 10.6 Å². The van der Waals surface area contributed by atoms with Crippen LogP contribution in [0.3, 0.4) is 0 Å². The lowest BCUT2D eigenvalue weighted by Gasteiger charge is -2.25. The number of hydrogen-bond acceptors (Lipinski definition) is 4. The van der Waals surface area contributed by atoms with Gasteiger partial charge in [0.15, 0.2) is 0 Å². The molecule has 2 heterocycles. The summed E-state index contributed by atoms with van der Waals surface area (Å²) in [5, 5.41) is 16.1. The lowest BCUT2D eigenvalue weighted by Crippen LogP contribution is -2.48. The summed E-state index contributed by atoms with van der Waals surface area (Å²) in [5.41, 5.74) is 1.88. The van der Waals surface area contributed by atoms with E-state index >= 15 is 0 Å². The Kier molecular flexibility index (Phi) is 3.29. The van der Waals surface area contributed by atoms with Gasteiger partial charge in [0.05, 0.1) is 11.5 Å². The smallest absolute Gasteiger partial charge is 0.230 e. The lowest BCUT2D eigenvalue weighted by molar-refractivity contribution is -0.121. The predicted molar refractivity (Wildman–Crippen MR) is 75.2 cm³/mol. The molecule has 5 heteroatoms. The lowest BCUT2D eigenvalue weighted by atomic mass is 9.88. The molecule has 0 bridgehead atoms. The Morgan fingerprint density at radius 2 is 2.32 bits per heavy atom. The van der Waals surface area contributed by atoms with Gasteiger partial charge in [-0.3, -0.25) is 4.79 Å². The molecule has 1 unspecified atom stereocenters. The molecule has 0 aromatic carbocycles. The second-order valence-corrected chi connectivity index (χ2v) is 6.62. The highest BCUT2D eigenvalue weighted by Crippen LogP contribution is 2.39. The molecule has 2 aliphatic rings. The summed E-state index contributed by atoms with van der Waals surface area (Å²) < 4.78 is 0. The summed E-state index contributed by atoms with van der Waals surface area (Å²) in [6.07, 6.45) is 3.14. The summed E-state index contributed by atoms with van der Waals surface area (Å²) >= 11 is 1.60. The highest BCUT2D eigenvalue weighted by molar-refractivity contribution is 7.16. The molecule has 1 aromatic rings. The normalized spacial score (nSPS) is 22.2. The zero-order chi connectivity index (χ0) is 13.4. The number of thiophene rings is 1. The number of carbonyl (C=O) groups excluding carboxylic acids is 1. The molecule has 1 amide bonds. The van der Waals surface area contributed by atoms with Crippen molar-refractivity contribution in [1.82, 2.24) is 5.32 Å². The quantitative estimate of drug-likeness (QED) is 0.866. The zero-order valence-corrected chi connectivity index (χ0v) is 11.8. The SMILES string of the molecule is CC1CCc2c(sc(NC(=O)C3CNC3)c2C#N)C1. The van der Waals surface area contributed by atoms with Crippen LogP contribution >= 0.6 is 11.3 Å². The third-order valence-corrected chi connectivity index (χ3v) is 5.18. The maximum absolute atomic E-state index is 12.0. The first-order chi connectivity index (χ1) is 9.19. The van der Waals surface area contributed by atoms with Gasteiger partial charge in [-0.15, -0.1) is 11.3 Å².